The average Bonchev–Trinajstić information content (AvgIpc) is 3.07. The fraction of sp³-hybridized carbons (Fsp3) is 0.660. The number of rotatable bonds is 16. The molecular formula is C47H70N2O10. The highest BCUT2D eigenvalue weighted by atomic mass is 16.6. The summed E-state index contributed by atoms with van der Waals surface area (Å²) in [5.41, 5.74) is 0.580. The van der Waals surface area contributed by atoms with Crippen LogP contribution < -0.4 is 9.47 Å². The molecule has 0 N–H and O–H groups in total. The topological polar surface area (TPSA) is 130 Å². The van der Waals surface area contributed by atoms with Gasteiger partial charge < -0.3 is 28.4 Å². The second kappa shape index (κ2) is 18.6. The quantitative estimate of drug-likeness (QED) is 0.121. The average molecular weight is 823 g/mol. The van der Waals surface area contributed by atoms with E-state index in [1.165, 1.54) is 27.7 Å². The van der Waals surface area contributed by atoms with Crippen molar-refractivity contribution in [1.82, 2.24) is 9.80 Å². The summed E-state index contributed by atoms with van der Waals surface area (Å²) in [6.45, 7) is 28.3. The summed E-state index contributed by atoms with van der Waals surface area (Å²) in [5, 5.41) is 0. The lowest BCUT2D eigenvalue weighted by atomic mass is 9.77. The van der Waals surface area contributed by atoms with Crippen molar-refractivity contribution < 1.29 is 47.6 Å². The minimum absolute atomic E-state index is 0.180. The van der Waals surface area contributed by atoms with Crippen LogP contribution in [0, 0.1) is 0 Å². The van der Waals surface area contributed by atoms with Crippen molar-refractivity contribution in [2.75, 3.05) is 26.3 Å². The van der Waals surface area contributed by atoms with Gasteiger partial charge in [-0.1, -0.05) is 38.1 Å². The van der Waals surface area contributed by atoms with Gasteiger partial charge in [-0.05, 0) is 90.8 Å². The number of esters is 4. The van der Waals surface area contributed by atoms with Gasteiger partial charge in [-0.15, -0.1) is 0 Å². The zero-order valence-electron chi connectivity index (χ0n) is 38.1. The van der Waals surface area contributed by atoms with Crippen LogP contribution in [0.1, 0.15) is 134 Å². The molecule has 328 valence electrons. The normalized spacial score (nSPS) is 20.4. The van der Waals surface area contributed by atoms with Crippen molar-refractivity contribution in [3.05, 3.63) is 59.7 Å². The van der Waals surface area contributed by atoms with Crippen LogP contribution >= 0.6 is 0 Å². The molecule has 0 spiro atoms. The third kappa shape index (κ3) is 12.9. The molecule has 2 aliphatic rings. The van der Waals surface area contributed by atoms with Crippen molar-refractivity contribution in [3.8, 4) is 11.5 Å². The van der Waals surface area contributed by atoms with Crippen molar-refractivity contribution in [2.24, 2.45) is 0 Å². The number of likely N-dealkylation sites (tertiary alicyclic amines) is 2. The van der Waals surface area contributed by atoms with Crippen molar-refractivity contribution in [1.29, 1.82) is 0 Å². The molecule has 0 radical (unpaired) electrons. The standard InChI is InChI=1S/C47H70N2O10/c1-31(50)56-39-23-43(5,6)48(44(7,8)24-39)27-41(58-33(3)52)29-54-37-19-15-35(16-20-37)47(13,14)36-17-21-38(22-18-36)55-30-42(59-34(4)53)28-49-45(9,10)25-40(57-32(2)51)26-46(49,11)12/h15-22,39-42H,23-30H2,1-14H3. The molecule has 2 aromatic rings. The van der Waals surface area contributed by atoms with E-state index in [1.54, 1.807) is 0 Å². The Morgan fingerprint density at radius 1 is 0.542 bits per heavy atom. The first-order valence-electron chi connectivity index (χ1n) is 20.9. The van der Waals surface area contributed by atoms with Gasteiger partial charge in [-0.25, -0.2) is 0 Å². The first kappa shape index (κ1) is 47.5. The second-order valence-electron chi connectivity index (χ2n) is 19.5. The van der Waals surface area contributed by atoms with Gasteiger partial charge in [0.05, 0.1) is 0 Å². The Balaban J connectivity index is 1.38. The lowest BCUT2D eigenvalue weighted by Crippen LogP contribution is -2.64. The van der Waals surface area contributed by atoms with Gasteiger partial charge in [0.1, 0.15) is 49.1 Å². The van der Waals surface area contributed by atoms with Crippen LogP contribution in [-0.2, 0) is 43.5 Å². The summed E-state index contributed by atoms with van der Waals surface area (Å²) in [6.07, 6.45) is 1.31. The van der Waals surface area contributed by atoms with Gasteiger partial charge in [-0.3, -0.25) is 29.0 Å². The molecule has 0 aliphatic carbocycles. The van der Waals surface area contributed by atoms with E-state index in [0.29, 0.717) is 50.3 Å². The molecule has 0 saturated carbocycles. The van der Waals surface area contributed by atoms with Crippen LogP contribution in [0.4, 0.5) is 0 Å². The number of carbonyl (C=O) groups excluding carboxylic acids is 4. The molecule has 2 aromatic carbocycles. The Bertz CT molecular complexity index is 1600. The van der Waals surface area contributed by atoms with Crippen LogP contribution in [0.3, 0.4) is 0 Å². The number of nitrogens with zero attached hydrogens (tertiary/aromatic N) is 2. The maximum absolute atomic E-state index is 12.2. The smallest absolute Gasteiger partial charge is 0.303 e. The Morgan fingerprint density at radius 2 is 0.831 bits per heavy atom. The van der Waals surface area contributed by atoms with E-state index in [0.717, 1.165) is 11.1 Å². The van der Waals surface area contributed by atoms with Gasteiger partial charge in [0, 0.05) is 94.0 Å². The zero-order valence-corrected chi connectivity index (χ0v) is 38.1. The van der Waals surface area contributed by atoms with Crippen LogP contribution in [0.15, 0.2) is 48.5 Å². The largest absolute Gasteiger partial charge is 0.490 e. The summed E-state index contributed by atoms with van der Waals surface area (Å²) < 4.78 is 35.2. The predicted molar refractivity (Wildman–Crippen MR) is 226 cm³/mol. The van der Waals surface area contributed by atoms with Gasteiger partial charge >= 0.3 is 23.9 Å². The third-order valence-electron chi connectivity index (χ3n) is 12.0. The highest BCUT2D eigenvalue weighted by Crippen LogP contribution is 2.41. The zero-order chi connectivity index (χ0) is 44.1. The van der Waals surface area contributed by atoms with Crippen molar-refractivity contribution in [3.63, 3.8) is 0 Å². The minimum atomic E-state index is -0.512. The first-order valence-corrected chi connectivity index (χ1v) is 20.9. The minimum Gasteiger partial charge on any atom is -0.490 e. The molecule has 4 rings (SSSR count). The Kier molecular flexibility index (Phi) is 15.0. The molecule has 2 fully saturated rings. The number of hydrogen-bond donors (Lipinski definition) is 0. The third-order valence-corrected chi connectivity index (χ3v) is 12.0. The van der Waals surface area contributed by atoms with Gasteiger partial charge in [-0.2, -0.15) is 0 Å². The Labute approximate surface area is 352 Å². The van der Waals surface area contributed by atoms with Crippen LogP contribution in [0.5, 0.6) is 11.5 Å². The molecule has 59 heavy (non-hydrogen) atoms. The maximum atomic E-state index is 12.2. The SMILES string of the molecule is CC(=O)OC(COc1ccc(C(C)(C)c2ccc(OCC(CN3C(C)(C)CC(OC(C)=O)CC3(C)C)OC(C)=O)cc2)cc1)CN1C(C)(C)CC(OC(C)=O)CC1(C)C. The van der Waals surface area contributed by atoms with Gasteiger partial charge in [0.25, 0.3) is 0 Å². The molecule has 2 unspecified atom stereocenters. The summed E-state index contributed by atoms with van der Waals surface area (Å²) in [4.78, 5) is 52.5. The molecule has 0 aromatic heterocycles. The summed E-state index contributed by atoms with van der Waals surface area (Å²) >= 11 is 0. The summed E-state index contributed by atoms with van der Waals surface area (Å²) in [7, 11) is 0. The van der Waals surface area contributed by atoms with Gasteiger partial charge in [0.15, 0.2) is 0 Å². The lowest BCUT2D eigenvalue weighted by molar-refractivity contribution is -0.165. The molecule has 0 bridgehead atoms. The molecule has 2 aliphatic heterocycles. The van der Waals surface area contributed by atoms with E-state index in [2.05, 4.69) is 79.0 Å². The number of benzene rings is 2. The molecule has 0 amide bonds. The van der Waals surface area contributed by atoms with E-state index in [-0.39, 0.29) is 76.9 Å². The van der Waals surface area contributed by atoms with E-state index in [1.807, 2.05) is 48.5 Å². The lowest BCUT2D eigenvalue weighted by Gasteiger charge is -2.55. The number of hydrogen-bond acceptors (Lipinski definition) is 12. The second-order valence-corrected chi connectivity index (χ2v) is 19.5. The number of piperidine rings is 2. The summed E-state index contributed by atoms with van der Waals surface area (Å²) in [6, 6.07) is 16.0. The van der Waals surface area contributed by atoms with Crippen LogP contribution in [-0.4, -0.2) is 107 Å². The highest BCUT2D eigenvalue weighted by Gasteiger charge is 2.49. The first-order chi connectivity index (χ1) is 27.2. The summed E-state index contributed by atoms with van der Waals surface area (Å²) in [5.74, 6) is 0.0339. The Morgan fingerprint density at radius 3 is 1.08 bits per heavy atom. The number of carbonyl (C=O) groups is 4. The maximum Gasteiger partial charge on any atom is 0.303 e. The van der Waals surface area contributed by atoms with E-state index in [9.17, 15) is 19.2 Å². The van der Waals surface area contributed by atoms with Crippen LogP contribution in [0.2, 0.25) is 0 Å². The molecule has 2 heterocycles. The molecule has 12 nitrogen and oxygen atoms in total. The number of ether oxygens (including phenoxy) is 6. The van der Waals surface area contributed by atoms with Crippen molar-refractivity contribution >= 4 is 23.9 Å². The Hall–Kier alpha value is -4.16. The molecular weight excluding hydrogens is 753 g/mol. The highest BCUT2D eigenvalue weighted by molar-refractivity contribution is 5.67. The monoisotopic (exact) mass is 823 g/mol. The molecule has 2 saturated heterocycles. The van der Waals surface area contributed by atoms with E-state index in [4.69, 9.17) is 28.4 Å². The van der Waals surface area contributed by atoms with Crippen molar-refractivity contribution in [2.45, 2.75) is 175 Å². The fourth-order valence-electron chi connectivity index (χ4n) is 9.68. The molecule has 2 atom stereocenters. The van der Waals surface area contributed by atoms with Gasteiger partial charge in [0.2, 0.25) is 0 Å². The van der Waals surface area contributed by atoms with E-state index >= 15 is 0 Å². The predicted octanol–water partition coefficient (Wildman–Crippen LogP) is 7.80. The molecule has 12 heteroatoms. The fourth-order valence-corrected chi connectivity index (χ4v) is 9.68. The van der Waals surface area contributed by atoms with E-state index < -0.39 is 12.2 Å². The van der Waals surface area contributed by atoms with Crippen LogP contribution in [0.25, 0.3) is 0 Å².